The van der Waals surface area contributed by atoms with Crippen LogP contribution >= 0.6 is 0 Å². The molecule has 11 heteroatoms. The van der Waals surface area contributed by atoms with E-state index in [2.05, 4.69) is 20.7 Å². The number of methoxy groups -OCH3 is 2. The lowest BCUT2D eigenvalue weighted by Crippen LogP contribution is -2.50. The molecule has 10 nitrogen and oxygen atoms in total. The maximum Gasteiger partial charge on any atom is 0.247 e. The number of halogens is 1. The second-order valence-corrected chi connectivity index (χ2v) is 9.03. The fourth-order valence-corrected chi connectivity index (χ4v) is 4.37. The van der Waals surface area contributed by atoms with Crippen LogP contribution in [0, 0.1) is 5.82 Å². The quantitative estimate of drug-likeness (QED) is 0.446. The first-order chi connectivity index (χ1) is 17.9. The highest BCUT2D eigenvalue weighted by atomic mass is 19.1. The maximum absolute atomic E-state index is 13.4. The number of tetrazole rings is 1. The largest absolute Gasteiger partial charge is 0.493 e. The van der Waals surface area contributed by atoms with E-state index in [1.165, 1.54) is 28.9 Å². The van der Waals surface area contributed by atoms with E-state index in [0.717, 1.165) is 25.7 Å². The summed E-state index contributed by atoms with van der Waals surface area (Å²) in [6.07, 6.45) is 4.04. The molecule has 1 heterocycles. The predicted molar refractivity (Wildman–Crippen MR) is 133 cm³/mol. The number of carbonyl (C=O) groups is 2. The number of ether oxygens (including phenoxy) is 2. The summed E-state index contributed by atoms with van der Waals surface area (Å²) in [5.41, 5.74) is 1.34. The first kappa shape index (κ1) is 26.1. The third-order valence-electron chi connectivity index (χ3n) is 6.51. The molecule has 2 amide bonds. The lowest BCUT2D eigenvalue weighted by Gasteiger charge is -2.29. The molecule has 1 atom stereocenters. The van der Waals surface area contributed by atoms with E-state index < -0.39 is 6.04 Å². The van der Waals surface area contributed by atoms with Crippen LogP contribution < -0.4 is 14.8 Å². The molecule has 0 saturated heterocycles. The average molecular weight is 511 g/mol. The zero-order valence-electron chi connectivity index (χ0n) is 21.2. The molecule has 1 aliphatic carbocycles. The lowest BCUT2D eigenvalue weighted by molar-refractivity contribution is -0.141. The molecule has 0 radical (unpaired) electrons. The van der Waals surface area contributed by atoms with Gasteiger partial charge in [-0.1, -0.05) is 25.0 Å². The first-order valence-electron chi connectivity index (χ1n) is 12.2. The molecule has 1 aliphatic rings. The Bertz CT molecular complexity index is 1230. The molecule has 0 spiro atoms. The summed E-state index contributed by atoms with van der Waals surface area (Å²) in [5, 5.41) is 15.5. The van der Waals surface area contributed by atoms with E-state index >= 15 is 0 Å². The van der Waals surface area contributed by atoms with Gasteiger partial charge in [0.15, 0.2) is 11.5 Å². The normalized spacial score (nSPS) is 14.3. The summed E-state index contributed by atoms with van der Waals surface area (Å²) in [6, 6.07) is 10.4. The number of amides is 2. The van der Waals surface area contributed by atoms with E-state index in [0.29, 0.717) is 28.5 Å². The van der Waals surface area contributed by atoms with Gasteiger partial charge in [0.05, 0.1) is 14.2 Å². The van der Waals surface area contributed by atoms with Gasteiger partial charge in [0.25, 0.3) is 0 Å². The van der Waals surface area contributed by atoms with Crippen LogP contribution in [0.3, 0.4) is 0 Å². The van der Waals surface area contributed by atoms with Crippen LogP contribution in [0.4, 0.5) is 4.39 Å². The van der Waals surface area contributed by atoms with Crippen LogP contribution in [-0.4, -0.2) is 63.2 Å². The molecule has 1 aromatic heterocycles. The third kappa shape index (κ3) is 6.41. The summed E-state index contributed by atoms with van der Waals surface area (Å²) in [7, 11) is 3.08. The Morgan fingerprint density at radius 3 is 2.49 bits per heavy atom. The summed E-state index contributed by atoms with van der Waals surface area (Å²) in [4.78, 5) is 29.1. The smallest absolute Gasteiger partial charge is 0.247 e. The number of nitrogens with one attached hydrogen (secondary N) is 1. The van der Waals surface area contributed by atoms with Crippen molar-refractivity contribution in [2.24, 2.45) is 0 Å². The summed E-state index contributed by atoms with van der Waals surface area (Å²) < 4.78 is 24.0. The van der Waals surface area contributed by atoms with Gasteiger partial charge in [0.2, 0.25) is 17.6 Å². The van der Waals surface area contributed by atoms with Gasteiger partial charge < -0.3 is 19.7 Å². The number of hydrogen-bond donors (Lipinski definition) is 1. The molecule has 37 heavy (non-hydrogen) atoms. The minimum absolute atomic E-state index is 0.124. The fourth-order valence-electron chi connectivity index (χ4n) is 4.37. The SMILES string of the molecule is COc1ccc(-c2nnn(CC(=O)N(Cc3ccc(F)cc3)[C@@H](C)C(=O)NC3CCCC3)n2)cc1OC. The molecule has 196 valence electrons. The Labute approximate surface area is 214 Å². The minimum atomic E-state index is -0.744. The highest BCUT2D eigenvalue weighted by Gasteiger charge is 2.29. The number of hydrogen-bond acceptors (Lipinski definition) is 7. The maximum atomic E-state index is 13.4. The topological polar surface area (TPSA) is 111 Å². The molecular weight excluding hydrogens is 479 g/mol. The number of rotatable bonds is 10. The molecule has 0 bridgehead atoms. The van der Waals surface area contributed by atoms with Gasteiger partial charge in [-0.25, -0.2) is 4.39 Å². The summed E-state index contributed by atoms with van der Waals surface area (Å²) in [6.45, 7) is 1.60. The highest BCUT2D eigenvalue weighted by Crippen LogP contribution is 2.30. The van der Waals surface area contributed by atoms with Crippen LogP contribution in [0.15, 0.2) is 42.5 Å². The number of nitrogens with zero attached hydrogens (tertiary/aromatic N) is 5. The summed E-state index contributed by atoms with van der Waals surface area (Å²) >= 11 is 0. The first-order valence-corrected chi connectivity index (χ1v) is 12.2. The Kier molecular flexibility index (Phi) is 8.32. The van der Waals surface area contributed by atoms with Gasteiger partial charge in [0, 0.05) is 18.2 Å². The molecular formula is C26H31FN6O4. The van der Waals surface area contributed by atoms with Crippen molar-refractivity contribution in [3.05, 3.63) is 53.8 Å². The predicted octanol–water partition coefficient (Wildman–Crippen LogP) is 2.97. The van der Waals surface area contributed by atoms with Crippen molar-refractivity contribution < 1.29 is 23.5 Å². The van der Waals surface area contributed by atoms with Crippen LogP contribution in [0.25, 0.3) is 11.4 Å². The zero-order valence-corrected chi connectivity index (χ0v) is 21.2. The second-order valence-electron chi connectivity index (χ2n) is 9.03. The van der Waals surface area contributed by atoms with Gasteiger partial charge in [-0.15, -0.1) is 10.2 Å². The molecule has 1 saturated carbocycles. The highest BCUT2D eigenvalue weighted by molar-refractivity contribution is 5.87. The van der Waals surface area contributed by atoms with E-state index in [-0.39, 0.29) is 36.8 Å². The lowest BCUT2D eigenvalue weighted by atomic mass is 10.1. The van der Waals surface area contributed by atoms with Gasteiger partial charge in [-0.2, -0.15) is 4.80 Å². The number of aromatic nitrogens is 4. The van der Waals surface area contributed by atoms with Crippen molar-refractivity contribution in [2.45, 2.75) is 57.8 Å². The zero-order chi connectivity index (χ0) is 26.4. The number of carbonyl (C=O) groups excluding carboxylic acids is 2. The molecule has 2 aromatic carbocycles. The van der Waals surface area contributed by atoms with E-state index in [1.54, 1.807) is 44.4 Å². The molecule has 4 rings (SSSR count). The van der Waals surface area contributed by atoms with E-state index in [4.69, 9.17) is 9.47 Å². The molecule has 0 aliphatic heterocycles. The Hall–Kier alpha value is -4.02. The minimum Gasteiger partial charge on any atom is -0.493 e. The molecule has 1 fully saturated rings. The van der Waals surface area contributed by atoms with Gasteiger partial charge in [-0.05, 0) is 60.9 Å². The van der Waals surface area contributed by atoms with Crippen molar-refractivity contribution in [1.29, 1.82) is 0 Å². The average Bonchev–Trinajstić information content (AvgIpc) is 3.59. The van der Waals surface area contributed by atoms with Crippen molar-refractivity contribution >= 4 is 11.8 Å². The van der Waals surface area contributed by atoms with E-state index in [9.17, 15) is 14.0 Å². The Morgan fingerprint density at radius 1 is 1.11 bits per heavy atom. The van der Waals surface area contributed by atoms with Gasteiger partial charge in [0.1, 0.15) is 18.4 Å². The molecule has 0 unspecified atom stereocenters. The van der Waals surface area contributed by atoms with Crippen LogP contribution in [-0.2, 0) is 22.7 Å². The van der Waals surface area contributed by atoms with Gasteiger partial charge >= 0.3 is 0 Å². The monoisotopic (exact) mass is 510 g/mol. The summed E-state index contributed by atoms with van der Waals surface area (Å²) in [5.74, 6) is 0.429. The fraction of sp³-hybridized carbons (Fsp3) is 0.423. The van der Waals surface area contributed by atoms with Crippen LogP contribution in [0.5, 0.6) is 11.5 Å². The second kappa shape index (κ2) is 11.8. The van der Waals surface area contributed by atoms with Crippen LogP contribution in [0.2, 0.25) is 0 Å². The van der Waals surface area contributed by atoms with Crippen LogP contribution in [0.1, 0.15) is 38.2 Å². The van der Waals surface area contributed by atoms with Gasteiger partial charge in [-0.3, -0.25) is 9.59 Å². The third-order valence-corrected chi connectivity index (χ3v) is 6.51. The van der Waals surface area contributed by atoms with Crippen molar-refractivity contribution in [1.82, 2.24) is 30.4 Å². The van der Waals surface area contributed by atoms with E-state index in [1.807, 2.05) is 0 Å². The van der Waals surface area contributed by atoms with Crippen molar-refractivity contribution in [3.8, 4) is 22.9 Å². The molecule has 1 N–H and O–H groups in total. The standard InChI is InChI=1S/C26H31FN6O4/c1-17(26(35)28-21-6-4-5-7-21)32(15-18-8-11-20(27)12-9-18)24(34)16-33-30-25(29-31-33)19-10-13-22(36-2)23(14-19)37-3/h8-14,17,21H,4-7,15-16H2,1-3H3,(H,28,35)/t17-/m0/s1. The van der Waals surface area contributed by atoms with Crippen molar-refractivity contribution in [2.75, 3.05) is 14.2 Å². The van der Waals surface area contributed by atoms with Crippen molar-refractivity contribution in [3.63, 3.8) is 0 Å². The molecule has 3 aromatic rings. The number of benzene rings is 2. The Morgan fingerprint density at radius 2 is 1.81 bits per heavy atom. The Balaban J connectivity index is 1.51.